The average molecular weight is 246 g/mol. The van der Waals surface area contributed by atoms with E-state index in [-0.39, 0.29) is 13.2 Å². The van der Waals surface area contributed by atoms with Crippen molar-refractivity contribution in [3.63, 3.8) is 0 Å². The highest BCUT2D eigenvalue weighted by Gasteiger charge is 2.14. The number of carboxylic acids is 1. The van der Waals surface area contributed by atoms with Crippen molar-refractivity contribution in [3.05, 3.63) is 36.4 Å². The zero-order chi connectivity index (χ0) is 12.5. The number of ether oxygens (including phenoxy) is 2. The van der Waals surface area contributed by atoms with E-state index in [2.05, 4.69) is 4.98 Å². The van der Waals surface area contributed by atoms with Crippen molar-refractivity contribution in [2.24, 2.45) is 0 Å². The van der Waals surface area contributed by atoms with Crippen LogP contribution in [0, 0.1) is 0 Å². The second-order valence-corrected chi connectivity index (χ2v) is 3.88. The summed E-state index contributed by atoms with van der Waals surface area (Å²) in [6, 6.07) is 5.50. The van der Waals surface area contributed by atoms with Crippen LogP contribution in [0.4, 0.5) is 0 Å². The van der Waals surface area contributed by atoms with Crippen LogP contribution < -0.4 is 9.47 Å². The number of carbonyl (C=O) groups is 1. The van der Waals surface area contributed by atoms with Gasteiger partial charge in [0.25, 0.3) is 0 Å². The highest BCUT2D eigenvalue weighted by molar-refractivity contribution is 5.69. The van der Waals surface area contributed by atoms with Gasteiger partial charge in [0.1, 0.15) is 0 Å². The van der Waals surface area contributed by atoms with E-state index in [9.17, 15) is 4.79 Å². The van der Waals surface area contributed by atoms with Gasteiger partial charge in [0.05, 0.1) is 24.1 Å². The number of fused-ring (bicyclic) bond motifs is 1. The Morgan fingerprint density at radius 3 is 3.06 bits per heavy atom. The van der Waals surface area contributed by atoms with Crippen LogP contribution in [0.5, 0.6) is 11.5 Å². The maximum absolute atomic E-state index is 10.6. The molecule has 18 heavy (non-hydrogen) atoms. The molecule has 2 heterocycles. The third-order valence-corrected chi connectivity index (χ3v) is 2.62. The van der Waals surface area contributed by atoms with Gasteiger partial charge in [0, 0.05) is 12.3 Å². The van der Waals surface area contributed by atoms with Gasteiger partial charge < -0.3 is 19.1 Å². The molecule has 1 aromatic carbocycles. The van der Waals surface area contributed by atoms with Crippen molar-refractivity contribution in [2.45, 2.75) is 6.42 Å². The summed E-state index contributed by atoms with van der Waals surface area (Å²) in [5.41, 5.74) is 1.36. The van der Waals surface area contributed by atoms with E-state index in [1.54, 1.807) is 17.1 Å². The van der Waals surface area contributed by atoms with Gasteiger partial charge in [-0.15, -0.1) is 0 Å². The summed E-state index contributed by atoms with van der Waals surface area (Å²) in [5.74, 6) is 0.497. The van der Waals surface area contributed by atoms with Gasteiger partial charge in [0.15, 0.2) is 11.5 Å². The minimum Gasteiger partial charge on any atom is -0.481 e. The number of imidazole rings is 1. The molecule has 6 heteroatoms. The van der Waals surface area contributed by atoms with Crippen LogP contribution >= 0.6 is 0 Å². The molecular weight excluding hydrogens is 236 g/mol. The maximum Gasteiger partial charge on any atom is 0.309 e. The summed E-state index contributed by atoms with van der Waals surface area (Å²) in [6.07, 6.45) is 3.18. The largest absolute Gasteiger partial charge is 0.481 e. The number of carboxylic acid groups (broad SMARTS) is 1. The fraction of sp³-hybridized carbons (Fsp3) is 0.167. The van der Waals surface area contributed by atoms with E-state index in [4.69, 9.17) is 14.6 Å². The first-order valence-electron chi connectivity index (χ1n) is 5.37. The second-order valence-electron chi connectivity index (χ2n) is 3.88. The van der Waals surface area contributed by atoms with Crippen molar-refractivity contribution in [2.75, 3.05) is 6.79 Å². The molecule has 1 N–H and O–H groups in total. The van der Waals surface area contributed by atoms with Gasteiger partial charge in [0.2, 0.25) is 6.79 Å². The van der Waals surface area contributed by atoms with Crippen molar-refractivity contribution in [1.29, 1.82) is 0 Å². The quantitative estimate of drug-likeness (QED) is 0.881. The molecule has 0 fully saturated rings. The lowest BCUT2D eigenvalue weighted by atomic mass is 10.2. The molecule has 1 aliphatic heterocycles. The van der Waals surface area contributed by atoms with Crippen molar-refractivity contribution in [3.8, 4) is 17.2 Å². The number of benzene rings is 1. The Morgan fingerprint density at radius 2 is 2.22 bits per heavy atom. The Hall–Kier alpha value is -2.50. The first kappa shape index (κ1) is 10.6. The van der Waals surface area contributed by atoms with Gasteiger partial charge in [-0.05, 0) is 12.1 Å². The third-order valence-electron chi connectivity index (χ3n) is 2.62. The number of aliphatic carboxylic acids is 1. The van der Waals surface area contributed by atoms with E-state index in [1.165, 1.54) is 0 Å². The number of hydrogen-bond acceptors (Lipinski definition) is 4. The zero-order valence-electron chi connectivity index (χ0n) is 9.37. The lowest BCUT2D eigenvalue weighted by Crippen LogP contribution is -1.99. The molecule has 6 nitrogen and oxygen atoms in total. The fourth-order valence-corrected chi connectivity index (χ4v) is 1.80. The van der Waals surface area contributed by atoms with Crippen LogP contribution in [0.2, 0.25) is 0 Å². The van der Waals surface area contributed by atoms with Crippen LogP contribution in [-0.4, -0.2) is 27.4 Å². The van der Waals surface area contributed by atoms with E-state index >= 15 is 0 Å². The zero-order valence-corrected chi connectivity index (χ0v) is 9.37. The Kier molecular flexibility index (Phi) is 2.40. The maximum atomic E-state index is 10.6. The predicted molar refractivity (Wildman–Crippen MR) is 61.0 cm³/mol. The molecular formula is C12H10N2O4. The first-order chi connectivity index (χ1) is 8.72. The highest BCUT2D eigenvalue weighted by atomic mass is 16.7. The Labute approximate surface area is 102 Å². The van der Waals surface area contributed by atoms with Crippen LogP contribution in [0.3, 0.4) is 0 Å². The van der Waals surface area contributed by atoms with Crippen molar-refractivity contribution < 1.29 is 19.4 Å². The SMILES string of the molecule is O=C(O)Cc1cn(-c2ccc3c(c2)OCO3)cn1. The number of rotatable bonds is 3. The van der Waals surface area contributed by atoms with Crippen molar-refractivity contribution in [1.82, 2.24) is 9.55 Å². The van der Waals surface area contributed by atoms with Crippen LogP contribution in [0.25, 0.3) is 5.69 Å². The lowest BCUT2D eigenvalue weighted by Gasteiger charge is -2.02. The minimum atomic E-state index is -0.897. The van der Waals surface area contributed by atoms with Crippen LogP contribution in [0.15, 0.2) is 30.7 Å². The Bertz CT molecular complexity index is 606. The molecule has 1 aromatic heterocycles. The molecule has 2 aromatic rings. The second kappa shape index (κ2) is 4.06. The van der Waals surface area contributed by atoms with E-state index in [1.807, 2.05) is 18.2 Å². The number of hydrogen-bond donors (Lipinski definition) is 1. The summed E-state index contributed by atoms with van der Waals surface area (Å²) < 4.78 is 12.3. The van der Waals surface area contributed by atoms with Gasteiger partial charge in [-0.1, -0.05) is 0 Å². The van der Waals surface area contributed by atoms with Crippen LogP contribution in [0.1, 0.15) is 5.69 Å². The van der Waals surface area contributed by atoms with Gasteiger partial charge >= 0.3 is 5.97 Å². The predicted octanol–water partition coefficient (Wildman–Crippen LogP) is 1.23. The number of nitrogens with zero attached hydrogens (tertiary/aromatic N) is 2. The summed E-state index contributed by atoms with van der Waals surface area (Å²) in [6.45, 7) is 0.229. The number of aromatic nitrogens is 2. The van der Waals surface area contributed by atoms with E-state index in [0.717, 1.165) is 5.69 Å². The molecule has 92 valence electrons. The molecule has 0 amide bonds. The molecule has 3 rings (SSSR count). The Morgan fingerprint density at radius 1 is 1.39 bits per heavy atom. The molecule has 0 atom stereocenters. The molecule has 0 radical (unpaired) electrons. The topological polar surface area (TPSA) is 73.6 Å². The fourth-order valence-electron chi connectivity index (χ4n) is 1.80. The normalized spacial score (nSPS) is 12.7. The molecule has 0 spiro atoms. The lowest BCUT2D eigenvalue weighted by molar-refractivity contribution is -0.136. The van der Waals surface area contributed by atoms with Gasteiger partial charge in [-0.25, -0.2) is 4.98 Å². The van der Waals surface area contributed by atoms with Crippen LogP contribution in [-0.2, 0) is 11.2 Å². The minimum absolute atomic E-state index is 0.0858. The van der Waals surface area contributed by atoms with E-state index in [0.29, 0.717) is 17.2 Å². The third kappa shape index (κ3) is 1.88. The molecule has 0 saturated carbocycles. The molecule has 0 bridgehead atoms. The van der Waals surface area contributed by atoms with E-state index < -0.39 is 5.97 Å². The molecule has 0 aliphatic carbocycles. The molecule has 1 aliphatic rings. The first-order valence-corrected chi connectivity index (χ1v) is 5.37. The van der Waals surface area contributed by atoms with Gasteiger partial charge in [-0.3, -0.25) is 4.79 Å². The smallest absolute Gasteiger partial charge is 0.309 e. The summed E-state index contributed by atoms with van der Waals surface area (Å²) in [4.78, 5) is 14.6. The average Bonchev–Trinajstić information content (AvgIpc) is 2.95. The molecule has 0 unspecified atom stereocenters. The summed E-state index contributed by atoms with van der Waals surface area (Å²) >= 11 is 0. The molecule has 0 saturated heterocycles. The highest BCUT2D eigenvalue weighted by Crippen LogP contribution is 2.33. The summed E-state index contributed by atoms with van der Waals surface area (Å²) in [7, 11) is 0. The van der Waals surface area contributed by atoms with Crippen molar-refractivity contribution >= 4 is 5.97 Å². The monoisotopic (exact) mass is 246 g/mol. The summed E-state index contributed by atoms with van der Waals surface area (Å²) in [5, 5.41) is 8.69. The standard InChI is InChI=1S/C12H10N2O4/c15-12(16)3-8-5-14(6-13-8)9-1-2-10-11(4-9)18-7-17-10/h1-2,4-6H,3,7H2,(H,15,16). The Balaban J connectivity index is 1.90. The van der Waals surface area contributed by atoms with Gasteiger partial charge in [-0.2, -0.15) is 0 Å².